The van der Waals surface area contributed by atoms with Crippen LogP contribution in [0.3, 0.4) is 0 Å². The number of hydrogen-bond acceptors (Lipinski definition) is 1. The smallest absolute Gasteiger partial charge is 0.135 e. The van der Waals surface area contributed by atoms with Gasteiger partial charge in [0, 0.05) is 24.2 Å². The van der Waals surface area contributed by atoms with Gasteiger partial charge in [0.15, 0.2) is 0 Å². The molecule has 1 unspecified atom stereocenters. The van der Waals surface area contributed by atoms with Crippen LogP contribution in [0.4, 0.5) is 4.39 Å². The zero-order valence-corrected chi connectivity index (χ0v) is 9.92. The molecule has 0 radical (unpaired) electrons. The molecule has 0 amide bonds. The van der Waals surface area contributed by atoms with Crippen molar-refractivity contribution >= 4 is 10.9 Å². The largest absolute Gasteiger partial charge is 0.348 e. The van der Waals surface area contributed by atoms with E-state index in [0.717, 1.165) is 11.2 Å². The molecular weight excluding hydrogens is 203 g/mol. The third-order valence-electron chi connectivity index (χ3n) is 3.02. The minimum absolute atomic E-state index is 0.0169. The molecule has 3 heteroatoms. The lowest BCUT2D eigenvalue weighted by molar-refractivity contribution is 0.607. The topological polar surface area (TPSA) is 30.9 Å². The number of aromatic nitrogens is 1. The van der Waals surface area contributed by atoms with E-state index in [9.17, 15) is 4.39 Å². The summed E-state index contributed by atoms with van der Waals surface area (Å²) in [6.07, 6.45) is 0.579. The first-order valence-electron chi connectivity index (χ1n) is 5.49. The Morgan fingerprint density at radius 3 is 2.75 bits per heavy atom. The van der Waals surface area contributed by atoms with Gasteiger partial charge in [0.1, 0.15) is 5.82 Å². The zero-order valence-electron chi connectivity index (χ0n) is 9.92. The average molecular weight is 220 g/mol. The predicted molar refractivity (Wildman–Crippen MR) is 65.0 cm³/mol. The first kappa shape index (κ1) is 11.1. The summed E-state index contributed by atoms with van der Waals surface area (Å²) in [7, 11) is 1.95. The molecule has 86 valence electrons. The van der Waals surface area contributed by atoms with E-state index in [1.54, 1.807) is 0 Å². The molecule has 0 bridgehead atoms. The fraction of sp³-hybridized carbons (Fsp3) is 0.385. The Balaban J connectivity index is 2.61. The molecule has 2 rings (SSSR count). The minimum Gasteiger partial charge on any atom is -0.348 e. The Morgan fingerprint density at radius 2 is 2.12 bits per heavy atom. The quantitative estimate of drug-likeness (QED) is 0.828. The number of halogens is 1. The second-order valence-electron chi connectivity index (χ2n) is 4.50. The molecule has 0 aliphatic heterocycles. The van der Waals surface area contributed by atoms with Gasteiger partial charge in [-0.05, 0) is 38.0 Å². The second-order valence-corrected chi connectivity index (χ2v) is 4.50. The molecule has 1 atom stereocenters. The van der Waals surface area contributed by atoms with Crippen LogP contribution in [0.15, 0.2) is 18.2 Å². The van der Waals surface area contributed by atoms with Crippen molar-refractivity contribution in [2.75, 3.05) is 0 Å². The molecular formula is C13H17FN2. The van der Waals surface area contributed by atoms with Crippen molar-refractivity contribution in [3.63, 3.8) is 0 Å². The van der Waals surface area contributed by atoms with E-state index in [-0.39, 0.29) is 11.9 Å². The Kier molecular flexibility index (Phi) is 2.72. The van der Waals surface area contributed by atoms with E-state index >= 15 is 0 Å². The first-order valence-corrected chi connectivity index (χ1v) is 5.49. The fourth-order valence-electron chi connectivity index (χ4n) is 2.06. The number of nitrogens with two attached hydrogens (primary N) is 1. The van der Waals surface area contributed by atoms with Gasteiger partial charge in [-0.25, -0.2) is 4.39 Å². The molecule has 0 spiro atoms. The Hall–Kier alpha value is -1.35. The summed E-state index contributed by atoms with van der Waals surface area (Å²) in [6.45, 7) is 3.87. The summed E-state index contributed by atoms with van der Waals surface area (Å²) in [5, 5.41) is 0.693. The highest BCUT2D eigenvalue weighted by Gasteiger charge is 2.12. The molecule has 0 aliphatic carbocycles. The van der Waals surface area contributed by atoms with Gasteiger partial charge in [0.05, 0.1) is 5.52 Å². The maximum atomic E-state index is 14.2. The van der Waals surface area contributed by atoms with Gasteiger partial charge in [0.25, 0.3) is 0 Å². The summed E-state index contributed by atoms with van der Waals surface area (Å²) in [5.41, 5.74) is 8.40. The second kappa shape index (κ2) is 3.91. The van der Waals surface area contributed by atoms with Crippen molar-refractivity contribution in [3.05, 3.63) is 35.3 Å². The predicted octanol–water partition coefficient (Wildman–Crippen LogP) is 2.52. The standard InChI is InChI=1S/C13H17FN2/c1-8(15)6-10-4-5-12-11(13(10)14)7-9(2)16(12)3/h4-5,7-8H,6,15H2,1-3H3. The number of rotatable bonds is 2. The van der Waals surface area contributed by atoms with E-state index in [1.807, 2.05) is 43.7 Å². The third kappa shape index (κ3) is 1.71. The van der Waals surface area contributed by atoms with Crippen LogP contribution in [0.25, 0.3) is 10.9 Å². The Bertz CT molecular complexity index is 526. The van der Waals surface area contributed by atoms with Gasteiger partial charge in [-0.1, -0.05) is 6.07 Å². The molecule has 16 heavy (non-hydrogen) atoms. The number of benzene rings is 1. The third-order valence-corrected chi connectivity index (χ3v) is 3.02. The highest BCUT2D eigenvalue weighted by Crippen LogP contribution is 2.24. The van der Waals surface area contributed by atoms with E-state index in [1.165, 1.54) is 0 Å². The Morgan fingerprint density at radius 1 is 1.44 bits per heavy atom. The van der Waals surface area contributed by atoms with Crippen molar-refractivity contribution in [2.45, 2.75) is 26.3 Å². The van der Waals surface area contributed by atoms with Gasteiger partial charge in [0.2, 0.25) is 0 Å². The average Bonchev–Trinajstić information content (AvgIpc) is 2.49. The van der Waals surface area contributed by atoms with Crippen LogP contribution in [0.2, 0.25) is 0 Å². The lowest BCUT2D eigenvalue weighted by atomic mass is 10.0. The van der Waals surface area contributed by atoms with Crippen LogP contribution in [0, 0.1) is 12.7 Å². The number of aryl methyl sites for hydroxylation is 2. The highest BCUT2D eigenvalue weighted by molar-refractivity contribution is 5.82. The molecule has 0 saturated heterocycles. The highest BCUT2D eigenvalue weighted by atomic mass is 19.1. The lowest BCUT2D eigenvalue weighted by Gasteiger charge is -2.07. The van der Waals surface area contributed by atoms with Gasteiger partial charge in [-0.3, -0.25) is 0 Å². The fourth-order valence-corrected chi connectivity index (χ4v) is 2.06. The van der Waals surface area contributed by atoms with Crippen LogP contribution < -0.4 is 5.73 Å². The van der Waals surface area contributed by atoms with Gasteiger partial charge in [-0.2, -0.15) is 0 Å². The van der Waals surface area contributed by atoms with Crippen molar-refractivity contribution in [1.82, 2.24) is 4.57 Å². The molecule has 1 aromatic heterocycles. The van der Waals surface area contributed by atoms with Crippen LogP contribution in [0.1, 0.15) is 18.2 Å². The van der Waals surface area contributed by atoms with E-state index < -0.39 is 0 Å². The molecule has 0 aliphatic rings. The number of hydrogen-bond donors (Lipinski definition) is 1. The van der Waals surface area contributed by atoms with Gasteiger partial charge < -0.3 is 10.3 Å². The van der Waals surface area contributed by atoms with Gasteiger partial charge in [-0.15, -0.1) is 0 Å². The summed E-state index contributed by atoms with van der Waals surface area (Å²) in [4.78, 5) is 0. The van der Waals surface area contributed by atoms with Crippen molar-refractivity contribution in [1.29, 1.82) is 0 Å². The summed E-state index contributed by atoms with van der Waals surface area (Å²) in [6, 6.07) is 5.66. The zero-order chi connectivity index (χ0) is 11.9. The normalized spacial score (nSPS) is 13.3. The summed E-state index contributed by atoms with van der Waals surface area (Å²) >= 11 is 0. The van der Waals surface area contributed by atoms with E-state index in [4.69, 9.17) is 5.73 Å². The maximum Gasteiger partial charge on any atom is 0.135 e. The van der Waals surface area contributed by atoms with Crippen molar-refractivity contribution in [3.8, 4) is 0 Å². The number of fused-ring (bicyclic) bond motifs is 1. The molecule has 2 aromatic rings. The summed E-state index contributed by atoms with van der Waals surface area (Å²) < 4.78 is 16.1. The van der Waals surface area contributed by atoms with Crippen LogP contribution in [0.5, 0.6) is 0 Å². The lowest BCUT2D eigenvalue weighted by Crippen LogP contribution is -2.18. The van der Waals surface area contributed by atoms with Crippen LogP contribution in [-0.2, 0) is 13.5 Å². The van der Waals surface area contributed by atoms with Gasteiger partial charge >= 0.3 is 0 Å². The molecule has 0 fully saturated rings. The minimum atomic E-state index is -0.126. The van der Waals surface area contributed by atoms with E-state index in [2.05, 4.69) is 0 Å². The van der Waals surface area contributed by atoms with E-state index in [0.29, 0.717) is 17.4 Å². The molecule has 1 aromatic carbocycles. The molecule has 0 saturated carbocycles. The molecule has 2 N–H and O–H groups in total. The SMILES string of the molecule is Cc1cc2c(F)c(CC(C)N)ccc2n1C. The molecule has 1 heterocycles. The first-order chi connectivity index (χ1) is 7.50. The number of nitrogens with zero attached hydrogens (tertiary/aromatic N) is 1. The van der Waals surface area contributed by atoms with Crippen molar-refractivity contribution < 1.29 is 4.39 Å². The van der Waals surface area contributed by atoms with Crippen molar-refractivity contribution in [2.24, 2.45) is 12.8 Å². The molecule has 2 nitrogen and oxygen atoms in total. The maximum absolute atomic E-state index is 14.2. The monoisotopic (exact) mass is 220 g/mol. The summed E-state index contributed by atoms with van der Waals surface area (Å²) in [5.74, 6) is -0.126. The van der Waals surface area contributed by atoms with Crippen LogP contribution in [-0.4, -0.2) is 10.6 Å². The van der Waals surface area contributed by atoms with Crippen LogP contribution >= 0.6 is 0 Å². The Labute approximate surface area is 94.9 Å².